The van der Waals surface area contributed by atoms with E-state index in [1.807, 2.05) is 4.90 Å². The average molecular weight is 585 g/mol. The number of nitrogens with zero attached hydrogens (tertiary/aromatic N) is 7. The number of hydrogen-bond acceptors (Lipinski definition) is 14. The number of likely N-dealkylation sites (tertiary alicyclic amines) is 1. The van der Waals surface area contributed by atoms with Crippen LogP contribution < -0.4 is 16.8 Å². The summed E-state index contributed by atoms with van der Waals surface area (Å²) in [7, 11) is -4.97. The van der Waals surface area contributed by atoms with E-state index < -0.39 is 51.5 Å². The Morgan fingerprint density at radius 2 is 2.05 bits per heavy atom. The van der Waals surface area contributed by atoms with Gasteiger partial charge in [0.25, 0.3) is 11.8 Å². The summed E-state index contributed by atoms with van der Waals surface area (Å²) in [5.41, 5.74) is 9.90. The average Bonchev–Trinajstić information content (AvgIpc) is 3.31. The van der Waals surface area contributed by atoms with Crippen molar-refractivity contribution in [1.29, 1.82) is 0 Å². The Morgan fingerprint density at radius 3 is 2.62 bits per heavy atom. The van der Waals surface area contributed by atoms with E-state index >= 15 is 0 Å². The number of hydrogen-bond donors (Lipinski definition) is 5. The molecule has 39 heavy (non-hydrogen) atoms. The van der Waals surface area contributed by atoms with Crippen molar-refractivity contribution >= 4 is 50.3 Å². The molecule has 2 aromatic rings. The molecule has 18 nitrogen and oxygen atoms in total. The number of β-lactam (4-membered cyclic amide) rings is 1. The highest BCUT2D eigenvalue weighted by molar-refractivity contribution is 7.84. The largest absolute Gasteiger partial charge is 0.478 e. The molecule has 2 aliphatic heterocycles. The lowest BCUT2D eigenvalue weighted by Gasteiger charge is -2.43. The zero-order valence-electron chi connectivity index (χ0n) is 20.1. The predicted molar refractivity (Wildman–Crippen MR) is 131 cm³/mol. The fourth-order valence-corrected chi connectivity index (χ4v) is 5.59. The number of nitrogens with two attached hydrogens (primary N) is 2. The highest BCUT2D eigenvalue weighted by atomic mass is 32.2. The van der Waals surface area contributed by atoms with Gasteiger partial charge in [0.2, 0.25) is 5.60 Å². The number of carboxylic acid groups (broad SMARTS) is 1. The summed E-state index contributed by atoms with van der Waals surface area (Å²) < 4.78 is 33.6. The first-order valence-corrected chi connectivity index (χ1v) is 13.8. The highest BCUT2D eigenvalue weighted by Gasteiger charge is 2.56. The topological polar surface area (TPSA) is 262 Å². The van der Waals surface area contributed by atoms with Crippen molar-refractivity contribution in [3.63, 3.8) is 0 Å². The molecule has 0 spiro atoms. The van der Waals surface area contributed by atoms with Crippen LogP contribution in [0, 0.1) is 0 Å². The Morgan fingerprint density at radius 1 is 1.33 bits per heavy atom. The van der Waals surface area contributed by atoms with Crippen LogP contribution >= 0.6 is 11.3 Å². The van der Waals surface area contributed by atoms with Gasteiger partial charge in [-0.1, -0.05) is 5.16 Å². The molecule has 2 saturated heterocycles. The van der Waals surface area contributed by atoms with Crippen molar-refractivity contribution in [3.05, 3.63) is 23.0 Å². The fraction of sp³-hybridized carbons (Fsp3) is 0.526. The highest BCUT2D eigenvalue weighted by Crippen LogP contribution is 2.40. The summed E-state index contributed by atoms with van der Waals surface area (Å²) in [6.45, 7) is 1.57. The lowest BCUT2D eigenvalue weighted by atomic mass is 9.98. The molecule has 2 atom stereocenters. The Labute approximate surface area is 224 Å². The Balaban J connectivity index is 1.34. The van der Waals surface area contributed by atoms with Crippen LogP contribution in [-0.4, -0.2) is 108 Å². The first-order valence-electron chi connectivity index (χ1n) is 11.6. The minimum absolute atomic E-state index is 0.0461. The Hall–Kier alpha value is -3.72. The number of oxime groups is 1. The summed E-state index contributed by atoms with van der Waals surface area (Å²) in [6, 6.07) is -2.63. The third kappa shape index (κ3) is 5.41. The third-order valence-electron chi connectivity index (χ3n) is 6.39. The molecule has 7 N–H and O–H groups in total. The molecule has 5 rings (SSSR count). The van der Waals surface area contributed by atoms with Crippen LogP contribution in [0.15, 0.2) is 16.7 Å². The molecule has 3 fully saturated rings. The van der Waals surface area contributed by atoms with Gasteiger partial charge >= 0.3 is 16.3 Å². The van der Waals surface area contributed by atoms with Crippen molar-refractivity contribution in [2.75, 3.05) is 18.8 Å². The van der Waals surface area contributed by atoms with Gasteiger partial charge in [-0.2, -0.15) is 23.4 Å². The van der Waals surface area contributed by atoms with E-state index in [2.05, 4.69) is 25.7 Å². The van der Waals surface area contributed by atoms with Crippen molar-refractivity contribution in [1.82, 2.24) is 34.5 Å². The van der Waals surface area contributed by atoms with Gasteiger partial charge in [0.1, 0.15) is 17.8 Å². The summed E-state index contributed by atoms with van der Waals surface area (Å²) in [4.78, 5) is 49.6. The van der Waals surface area contributed by atoms with Gasteiger partial charge in [-0.3, -0.25) is 19.0 Å². The van der Waals surface area contributed by atoms with Crippen LogP contribution in [0.25, 0.3) is 0 Å². The minimum atomic E-state index is -4.97. The number of carboxylic acids is 1. The molecular weight excluding hydrogens is 560 g/mol. The summed E-state index contributed by atoms with van der Waals surface area (Å²) in [6.07, 6.45) is 1.83. The molecule has 1 unspecified atom stereocenters. The molecule has 1 aliphatic carbocycles. The van der Waals surface area contributed by atoms with E-state index in [0.717, 1.165) is 16.1 Å². The van der Waals surface area contributed by atoms with Gasteiger partial charge in [0, 0.05) is 43.9 Å². The molecule has 3 aliphatic rings. The summed E-state index contributed by atoms with van der Waals surface area (Å²) in [5.74, 6) is -3.38. The van der Waals surface area contributed by atoms with E-state index in [1.165, 1.54) is 11.6 Å². The number of carbonyl (C=O) groups is 3. The van der Waals surface area contributed by atoms with Gasteiger partial charge in [-0.05, 0) is 0 Å². The Kier molecular flexibility index (Phi) is 6.74. The van der Waals surface area contributed by atoms with E-state index in [-0.39, 0.29) is 40.6 Å². The van der Waals surface area contributed by atoms with Crippen LogP contribution in [0.1, 0.15) is 24.2 Å². The van der Waals surface area contributed by atoms with Crippen molar-refractivity contribution in [3.8, 4) is 0 Å². The van der Waals surface area contributed by atoms with Gasteiger partial charge in [-0.15, -0.1) is 11.3 Å². The van der Waals surface area contributed by atoms with E-state index in [1.54, 1.807) is 0 Å². The number of nitrogens with one attached hydrogen (secondary N) is 1. The molecule has 2 aromatic heterocycles. The number of carbonyl (C=O) groups excluding carboxylic acids is 2. The molecule has 0 aromatic carbocycles. The molecule has 2 amide bonds. The van der Waals surface area contributed by atoms with Gasteiger partial charge in [-0.25, -0.2) is 14.1 Å². The first-order chi connectivity index (χ1) is 18.4. The lowest BCUT2D eigenvalue weighted by molar-refractivity contribution is -0.153. The van der Waals surface area contributed by atoms with Crippen LogP contribution in [-0.2, 0) is 42.6 Å². The molecule has 0 bridgehead atoms. The number of amides is 2. The molecular formula is C19H24N10O8S2. The standard InChI is InChI=1S/C19H24N10O8S2/c20-9-4-27(5-9)6-10-3-22-28(25-10)7-12-14(16(31)29(12)39(34,35)36)24-15(30)13(11-8-38-18(21)23-11)26-37-19(1-2-19)17(32)33/h3,8-9,12,14H,1-2,4-7,20H2,(H2,21,23)(H,24,30)(H,32,33)(H,34,35,36)/b26-13-/t12-,14?/m0/s1. The van der Waals surface area contributed by atoms with Gasteiger partial charge in [0.05, 0.1) is 18.4 Å². The third-order valence-corrected chi connectivity index (χ3v) is 8.02. The second kappa shape index (κ2) is 9.79. The second-order valence-electron chi connectivity index (χ2n) is 9.38. The van der Waals surface area contributed by atoms with Crippen LogP contribution in [0.5, 0.6) is 0 Å². The molecule has 210 valence electrons. The zero-order valence-corrected chi connectivity index (χ0v) is 21.7. The number of rotatable bonds is 11. The molecule has 4 heterocycles. The minimum Gasteiger partial charge on any atom is -0.478 e. The quantitative estimate of drug-likeness (QED) is 0.0763. The van der Waals surface area contributed by atoms with Crippen molar-refractivity contribution in [2.24, 2.45) is 10.9 Å². The van der Waals surface area contributed by atoms with E-state index in [9.17, 15) is 32.5 Å². The summed E-state index contributed by atoms with van der Waals surface area (Å²) in [5, 5.41) is 25.2. The fourth-order valence-electron chi connectivity index (χ4n) is 4.17. The zero-order chi connectivity index (χ0) is 28.1. The number of nitrogen functional groups attached to an aromatic ring is 1. The number of anilines is 1. The Bertz CT molecular complexity index is 1450. The second-order valence-corrected chi connectivity index (χ2v) is 11.6. The van der Waals surface area contributed by atoms with Gasteiger partial charge < -0.3 is 26.7 Å². The van der Waals surface area contributed by atoms with Crippen molar-refractivity contribution < 1.29 is 37.3 Å². The van der Waals surface area contributed by atoms with E-state index in [0.29, 0.717) is 25.3 Å². The van der Waals surface area contributed by atoms with Gasteiger partial charge in [0.15, 0.2) is 10.8 Å². The summed E-state index contributed by atoms with van der Waals surface area (Å²) >= 11 is 0.979. The smallest absolute Gasteiger partial charge is 0.362 e. The lowest BCUT2D eigenvalue weighted by Crippen LogP contribution is -2.73. The number of aliphatic carboxylic acids is 1. The normalized spacial score (nSPS) is 23.2. The molecule has 1 saturated carbocycles. The van der Waals surface area contributed by atoms with Crippen LogP contribution in [0.4, 0.5) is 5.13 Å². The maximum atomic E-state index is 13.2. The van der Waals surface area contributed by atoms with Crippen LogP contribution in [0.3, 0.4) is 0 Å². The maximum Gasteiger partial charge on any atom is 0.362 e. The SMILES string of the molecule is Nc1nc(/C(=N/OC2(C(=O)O)CC2)C(=O)NC2C(=O)N(S(=O)(=O)O)[C@H]2Cn2ncc(CN3CC(N)C3)n2)cs1. The molecule has 20 heteroatoms. The first kappa shape index (κ1) is 26.9. The number of thiazole rings is 1. The van der Waals surface area contributed by atoms with Crippen LogP contribution in [0.2, 0.25) is 0 Å². The van der Waals surface area contributed by atoms with Crippen molar-refractivity contribution in [2.45, 2.75) is 49.7 Å². The predicted octanol–water partition coefficient (Wildman–Crippen LogP) is -3.00. The maximum absolute atomic E-state index is 13.2. The molecule has 0 radical (unpaired) electrons. The van der Waals surface area contributed by atoms with E-state index in [4.69, 9.17) is 16.3 Å². The monoisotopic (exact) mass is 584 g/mol. The number of aromatic nitrogens is 4.